The Morgan fingerprint density at radius 3 is 2.74 bits per heavy atom. The second-order valence-electron chi connectivity index (χ2n) is 6.73. The van der Waals surface area contributed by atoms with Crippen molar-refractivity contribution in [3.8, 4) is 0 Å². The largest absolute Gasteiger partial charge is 0.399 e. The lowest BCUT2D eigenvalue weighted by molar-refractivity contribution is 0.508. The van der Waals surface area contributed by atoms with Gasteiger partial charge in [0, 0.05) is 16.8 Å². The van der Waals surface area contributed by atoms with Crippen LogP contribution in [0.15, 0.2) is 70.6 Å². The summed E-state index contributed by atoms with van der Waals surface area (Å²) in [6, 6.07) is 0. The molecular weight excluding hydrogens is 282 g/mol. The van der Waals surface area contributed by atoms with Gasteiger partial charge in [-0.05, 0) is 54.9 Å². The molecule has 3 aliphatic carbocycles. The summed E-state index contributed by atoms with van der Waals surface area (Å²) in [5.74, 6) is 0. The molecule has 1 unspecified atom stereocenters. The van der Waals surface area contributed by atoms with Gasteiger partial charge in [0.2, 0.25) is 0 Å². The van der Waals surface area contributed by atoms with Gasteiger partial charge in [0.05, 0.1) is 6.67 Å². The summed E-state index contributed by atoms with van der Waals surface area (Å²) in [4.78, 5) is 0. The molecule has 0 heterocycles. The van der Waals surface area contributed by atoms with Gasteiger partial charge in [0.1, 0.15) is 0 Å². The van der Waals surface area contributed by atoms with Gasteiger partial charge < -0.3 is 16.8 Å². The van der Waals surface area contributed by atoms with Gasteiger partial charge >= 0.3 is 0 Å². The quantitative estimate of drug-likeness (QED) is 0.696. The number of allylic oxidation sites excluding steroid dienone is 11. The van der Waals surface area contributed by atoms with Crippen LogP contribution >= 0.6 is 0 Å². The average Bonchev–Trinajstić information content (AvgIpc) is 2.57. The highest BCUT2D eigenvalue weighted by atomic mass is 15.0. The summed E-state index contributed by atoms with van der Waals surface area (Å²) in [6.45, 7) is 2.78. The first-order valence-electron chi connectivity index (χ1n) is 8.52. The van der Waals surface area contributed by atoms with Crippen LogP contribution in [0.3, 0.4) is 0 Å². The lowest BCUT2D eigenvalue weighted by Crippen LogP contribution is -2.29. The number of hydrogen-bond donors (Lipinski definition) is 3. The number of rotatable bonds is 4. The van der Waals surface area contributed by atoms with Crippen LogP contribution in [0.25, 0.3) is 0 Å². The fraction of sp³-hybridized carbons (Fsp3) is 0.400. The van der Waals surface area contributed by atoms with Gasteiger partial charge in [-0.1, -0.05) is 43.4 Å². The van der Waals surface area contributed by atoms with Crippen LogP contribution in [0.1, 0.15) is 39.0 Å². The van der Waals surface area contributed by atoms with E-state index in [0.717, 1.165) is 37.8 Å². The van der Waals surface area contributed by atoms with Gasteiger partial charge in [0.15, 0.2) is 0 Å². The molecule has 1 atom stereocenters. The van der Waals surface area contributed by atoms with Crippen LogP contribution in [0, 0.1) is 5.41 Å². The fourth-order valence-electron chi connectivity index (χ4n) is 3.74. The molecule has 0 aromatic rings. The van der Waals surface area contributed by atoms with E-state index >= 15 is 0 Å². The Kier molecular flexibility index (Phi) is 4.58. The minimum atomic E-state index is 0.0255. The molecule has 0 fully saturated rings. The standard InChI is InChI=1S/C20H27N3/c1-20(11-5-2-6-12-20)17-13-15(9-10-19(17)23-14-21)16-7-3-4-8-18(16)22/h2,4-6,8,11,13,23H,3,7,9-10,12,14,21-22H2,1H3. The van der Waals surface area contributed by atoms with E-state index in [1.165, 1.54) is 22.4 Å². The summed E-state index contributed by atoms with van der Waals surface area (Å²) in [5, 5.41) is 3.39. The zero-order valence-electron chi connectivity index (χ0n) is 13.9. The first kappa shape index (κ1) is 15.9. The smallest absolute Gasteiger partial charge is 0.0625 e. The van der Waals surface area contributed by atoms with E-state index < -0.39 is 0 Å². The van der Waals surface area contributed by atoms with Crippen molar-refractivity contribution in [3.63, 3.8) is 0 Å². The van der Waals surface area contributed by atoms with Crippen molar-refractivity contribution in [1.29, 1.82) is 0 Å². The van der Waals surface area contributed by atoms with Gasteiger partial charge in [-0.2, -0.15) is 0 Å². The molecule has 0 saturated carbocycles. The van der Waals surface area contributed by atoms with E-state index in [-0.39, 0.29) is 5.41 Å². The third-order valence-corrected chi connectivity index (χ3v) is 5.07. The normalized spacial score (nSPS) is 27.5. The van der Waals surface area contributed by atoms with E-state index in [1.54, 1.807) is 0 Å². The number of nitrogens with one attached hydrogen (secondary N) is 1. The lowest BCUT2D eigenvalue weighted by Gasteiger charge is -2.34. The Morgan fingerprint density at radius 2 is 2.04 bits per heavy atom. The van der Waals surface area contributed by atoms with Gasteiger partial charge in [0.25, 0.3) is 0 Å². The van der Waals surface area contributed by atoms with E-state index in [1.807, 2.05) is 0 Å². The predicted octanol–water partition coefficient (Wildman–Crippen LogP) is 3.55. The van der Waals surface area contributed by atoms with E-state index in [4.69, 9.17) is 11.5 Å². The summed E-state index contributed by atoms with van der Waals surface area (Å²) in [7, 11) is 0. The maximum Gasteiger partial charge on any atom is 0.0625 e. The molecule has 3 heteroatoms. The first-order valence-corrected chi connectivity index (χ1v) is 8.52. The van der Waals surface area contributed by atoms with Crippen LogP contribution < -0.4 is 16.8 Å². The highest BCUT2D eigenvalue weighted by molar-refractivity contribution is 5.50. The molecule has 0 aromatic carbocycles. The summed E-state index contributed by atoms with van der Waals surface area (Å²) < 4.78 is 0. The number of hydrogen-bond acceptors (Lipinski definition) is 3. The second-order valence-corrected chi connectivity index (χ2v) is 6.73. The molecule has 3 rings (SSSR count). The van der Waals surface area contributed by atoms with E-state index in [9.17, 15) is 0 Å². The van der Waals surface area contributed by atoms with Crippen LogP contribution in [-0.2, 0) is 0 Å². The first-order chi connectivity index (χ1) is 11.1. The molecule has 3 aliphatic rings. The Morgan fingerprint density at radius 1 is 1.17 bits per heavy atom. The molecule has 0 radical (unpaired) electrons. The molecule has 0 spiro atoms. The van der Waals surface area contributed by atoms with Crippen molar-refractivity contribution in [1.82, 2.24) is 5.32 Å². The van der Waals surface area contributed by atoms with Crippen LogP contribution in [0.2, 0.25) is 0 Å². The summed E-state index contributed by atoms with van der Waals surface area (Å²) >= 11 is 0. The minimum absolute atomic E-state index is 0.0255. The zero-order chi connectivity index (χ0) is 16.3. The second kappa shape index (κ2) is 6.63. The molecular formula is C20H27N3. The van der Waals surface area contributed by atoms with E-state index in [0.29, 0.717) is 6.67 Å². The molecule has 0 bridgehead atoms. The van der Waals surface area contributed by atoms with Crippen LogP contribution in [0.5, 0.6) is 0 Å². The van der Waals surface area contributed by atoms with Crippen LogP contribution in [0.4, 0.5) is 0 Å². The molecule has 23 heavy (non-hydrogen) atoms. The van der Waals surface area contributed by atoms with Crippen molar-refractivity contribution in [2.45, 2.75) is 39.0 Å². The lowest BCUT2D eigenvalue weighted by atomic mass is 9.72. The Bertz CT molecular complexity index is 658. The third-order valence-electron chi connectivity index (χ3n) is 5.07. The molecule has 0 saturated heterocycles. The Balaban J connectivity index is 2.02. The molecule has 3 nitrogen and oxygen atoms in total. The van der Waals surface area contributed by atoms with Crippen molar-refractivity contribution < 1.29 is 0 Å². The maximum absolute atomic E-state index is 6.24. The van der Waals surface area contributed by atoms with Gasteiger partial charge in [-0.3, -0.25) is 0 Å². The topological polar surface area (TPSA) is 64.1 Å². The van der Waals surface area contributed by atoms with E-state index in [2.05, 4.69) is 54.8 Å². The van der Waals surface area contributed by atoms with Gasteiger partial charge in [-0.25, -0.2) is 0 Å². The van der Waals surface area contributed by atoms with Crippen molar-refractivity contribution >= 4 is 0 Å². The predicted molar refractivity (Wildman–Crippen MR) is 97.1 cm³/mol. The minimum Gasteiger partial charge on any atom is -0.399 e. The van der Waals surface area contributed by atoms with Crippen LogP contribution in [-0.4, -0.2) is 6.67 Å². The maximum atomic E-state index is 6.24. The molecule has 0 aromatic heterocycles. The molecule has 5 N–H and O–H groups in total. The monoisotopic (exact) mass is 309 g/mol. The summed E-state index contributed by atoms with van der Waals surface area (Å²) in [5.41, 5.74) is 18.3. The molecule has 0 amide bonds. The average molecular weight is 309 g/mol. The summed E-state index contributed by atoms with van der Waals surface area (Å²) in [6.07, 6.45) is 20.6. The fourth-order valence-corrected chi connectivity index (χ4v) is 3.74. The molecule has 0 aliphatic heterocycles. The SMILES string of the molecule is CC1(C2=C(NCN)CCC(C3=C(N)C=CCC3)=C2)C=CC=CC1. The third kappa shape index (κ3) is 3.20. The van der Waals surface area contributed by atoms with Crippen molar-refractivity contribution in [2.24, 2.45) is 16.9 Å². The molecule has 122 valence electrons. The zero-order valence-corrected chi connectivity index (χ0v) is 13.9. The Hall–Kier alpha value is -2.00. The highest BCUT2D eigenvalue weighted by Gasteiger charge is 2.30. The number of nitrogens with two attached hydrogens (primary N) is 2. The van der Waals surface area contributed by atoms with Crippen molar-refractivity contribution in [2.75, 3.05) is 6.67 Å². The van der Waals surface area contributed by atoms with Gasteiger partial charge in [-0.15, -0.1) is 0 Å². The van der Waals surface area contributed by atoms with Crippen molar-refractivity contribution in [3.05, 3.63) is 70.6 Å². The Labute approximate surface area is 139 Å². The highest BCUT2D eigenvalue weighted by Crippen LogP contribution is 2.43.